The third-order valence-corrected chi connectivity index (χ3v) is 6.86. The van der Waals surface area contributed by atoms with Gasteiger partial charge >= 0.3 is 0 Å². The molecular formula is C17H18Cl2N2O2S. The molecular weight excluding hydrogens is 367 g/mol. The number of rotatable bonds is 3. The van der Waals surface area contributed by atoms with Gasteiger partial charge in [0.05, 0.1) is 21.0 Å². The van der Waals surface area contributed by atoms with Crippen LogP contribution in [0.5, 0.6) is 0 Å². The van der Waals surface area contributed by atoms with Gasteiger partial charge in [-0.25, -0.2) is 8.42 Å². The summed E-state index contributed by atoms with van der Waals surface area (Å²) in [7, 11) is -1.66. The second-order valence-corrected chi connectivity index (χ2v) is 8.59. The summed E-state index contributed by atoms with van der Waals surface area (Å²) in [4.78, 5) is 2.31. The lowest BCUT2D eigenvalue weighted by atomic mass is 10.1. The summed E-state index contributed by atoms with van der Waals surface area (Å²) in [6, 6.07) is 13.9. The topological polar surface area (TPSA) is 40.6 Å². The van der Waals surface area contributed by atoms with Crippen LogP contribution in [0, 0.1) is 0 Å². The van der Waals surface area contributed by atoms with Crippen LogP contribution in [0.4, 0.5) is 0 Å². The lowest BCUT2D eigenvalue weighted by molar-refractivity contribution is 0.160. The minimum atomic E-state index is -3.66. The Kier molecular flexibility index (Phi) is 5.18. The Labute approximate surface area is 152 Å². The van der Waals surface area contributed by atoms with E-state index in [1.807, 2.05) is 37.4 Å². The largest absolute Gasteiger partial charge is 0.303 e. The molecule has 1 aliphatic heterocycles. The first-order valence-electron chi connectivity index (χ1n) is 7.60. The fourth-order valence-electron chi connectivity index (χ4n) is 2.91. The first-order valence-corrected chi connectivity index (χ1v) is 9.79. The Morgan fingerprint density at radius 2 is 1.71 bits per heavy atom. The first-order chi connectivity index (χ1) is 11.4. The Balaban J connectivity index is 2.02. The molecule has 1 aliphatic rings. The van der Waals surface area contributed by atoms with Crippen LogP contribution in [0.2, 0.25) is 10.0 Å². The van der Waals surface area contributed by atoms with Gasteiger partial charge in [-0.2, -0.15) is 4.31 Å². The van der Waals surface area contributed by atoms with Gasteiger partial charge in [-0.1, -0.05) is 53.5 Å². The number of nitrogens with zero attached hydrogens (tertiary/aromatic N) is 2. The van der Waals surface area contributed by atoms with Crippen LogP contribution in [-0.4, -0.2) is 44.3 Å². The molecule has 0 bridgehead atoms. The van der Waals surface area contributed by atoms with E-state index in [0.717, 1.165) is 5.56 Å². The lowest BCUT2D eigenvalue weighted by Gasteiger charge is -2.39. The van der Waals surface area contributed by atoms with Crippen LogP contribution in [0.15, 0.2) is 53.4 Å². The van der Waals surface area contributed by atoms with Crippen molar-refractivity contribution < 1.29 is 8.42 Å². The van der Waals surface area contributed by atoms with Crippen LogP contribution < -0.4 is 0 Å². The van der Waals surface area contributed by atoms with Crippen molar-refractivity contribution in [2.24, 2.45) is 0 Å². The van der Waals surface area contributed by atoms with Crippen LogP contribution in [-0.2, 0) is 10.0 Å². The SMILES string of the molecule is CN1CCN(S(=O)(=O)c2ccc(Cl)c(Cl)c2)C(c2ccccc2)C1. The third kappa shape index (κ3) is 3.46. The number of halogens is 2. The maximum absolute atomic E-state index is 13.1. The van der Waals surface area contributed by atoms with Gasteiger partial charge in [0.25, 0.3) is 0 Å². The van der Waals surface area contributed by atoms with Crippen molar-refractivity contribution in [2.45, 2.75) is 10.9 Å². The molecule has 7 heteroatoms. The molecule has 0 aromatic heterocycles. The van der Waals surface area contributed by atoms with Crippen LogP contribution in [0.25, 0.3) is 0 Å². The van der Waals surface area contributed by atoms with Gasteiger partial charge in [0.1, 0.15) is 0 Å². The zero-order chi connectivity index (χ0) is 17.3. The summed E-state index contributed by atoms with van der Waals surface area (Å²) in [5.41, 5.74) is 0.979. The molecule has 24 heavy (non-hydrogen) atoms. The van der Waals surface area contributed by atoms with Crippen molar-refractivity contribution in [1.82, 2.24) is 9.21 Å². The standard InChI is InChI=1S/C17H18Cl2N2O2S/c1-20-9-10-21(17(12-20)13-5-3-2-4-6-13)24(22,23)14-7-8-15(18)16(19)11-14/h2-8,11,17H,9-10,12H2,1H3. The van der Waals surface area contributed by atoms with Gasteiger partial charge in [-0.3, -0.25) is 0 Å². The molecule has 1 heterocycles. The second kappa shape index (κ2) is 7.02. The molecule has 2 aromatic rings. The highest BCUT2D eigenvalue weighted by Gasteiger charge is 2.36. The van der Waals surface area contributed by atoms with Gasteiger partial charge in [-0.05, 0) is 30.8 Å². The number of benzene rings is 2. The van der Waals surface area contributed by atoms with Crippen LogP contribution in [0.3, 0.4) is 0 Å². The van der Waals surface area contributed by atoms with E-state index in [0.29, 0.717) is 24.7 Å². The van der Waals surface area contributed by atoms with Crippen molar-refractivity contribution in [3.63, 3.8) is 0 Å². The molecule has 0 aliphatic carbocycles. The summed E-state index contributed by atoms with van der Waals surface area (Å²) in [5.74, 6) is 0. The van der Waals surface area contributed by atoms with E-state index in [4.69, 9.17) is 23.2 Å². The number of hydrogen-bond donors (Lipinski definition) is 0. The van der Waals surface area contributed by atoms with E-state index in [-0.39, 0.29) is 16.0 Å². The number of likely N-dealkylation sites (N-methyl/N-ethyl adjacent to an activating group) is 1. The Morgan fingerprint density at radius 1 is 1.00 bits per heavy atom. The van der Waals surface area contributed by atoms with Crippen molar-refractivity contribution >= 4 is 33.2 Å². The molecule has 2 aromatic carbocycles. The van der Waals surface area contributed by atoms with E-state index in [1.165, 1.54) is 18.2 Å². The highest BCUT2D eigenvalue weighted by molar-refractivity contribution is 7.89. The monoisotopic (exact) mass is 384 g/mol. The summed E-state index contributed by atoms with van der Waals surface area (Å²) >= 11 is 11.9. The molecule has 128 valence electrons. The smallest absolute Gasteiger partial charge is 0.243 e. The molecule has 1 saturated heterocycles. The summed E-state index contributed by atoms with van der Waals surface area (Å²) in [6.07, 6.45) is 0. The summed E-state index contributed by atoms with van der Waals surface area (Å²) in [6.45, 7) is 1.76. The molecule has 1 atom stereocenters. The Bertz CT molecular complexity index is 828. The fourth-order valence-corrected chi connectivity index (χ4v) is 4.90. The highest BCUT2D eigenvalue weighted by Crippen LogP contribution is 2.33. The third-order valence-electron chi connectivity index (χ3n) is 4.22. The predicted molar refractivity (Wildman–Crippen MR) is 97.0 cm³/mol. The minimum absolute atomic E-state index is 0.169. The Morgan fingerprint density at radius 3 is 2.38 bits per heavy atom. The zero-order valence-electron chi connectivity index (χ0n) is 13.2. The van der Waals surface area contributed by atoms with E-state index >= 15 is 0 Å². The van der Waals surface area contributed by atoms with Crippen LogP contribution in [0.1, 0.15) is 11.6 Å². The van der Waals surface area contributed by atoms with Gasteiger partial charge in [0, 0.05) is 19.6 Å². The molecule has 0 radical (unpaired) electrons. The molecule has 0 saturated carbocycles. The van der Waals surface area contributed by atoms with E-state index in [9.17, 15) is 8.42 Å². The fraction of sp³-hybridized carbons (Fsp3) is 0.294. The van der Waals surface area contributed by atoms with Gasteiger partial charge < -0.3 is 4.90 Å². The molecule has 0 amide bonds. The van der Waals surface area contributed by atoms with Crippen LogP contribution >= 0.6 is 23.2 Å². The number of hydrogen-bond acceptors (Lipinski definition) is 3. The Hall–Kier alpha value is -1.11. The van der Waals surface area contributed by atoms with E-state index in [1.54, 1.807) is 4.31 Å². The lowest BCUT2D eigenvalue weighted by Crippen LogP contribution is -2.49. The molecule has 1 unspecified atom stereocenters. The second-order valence-electron chi connectivity index (χ2n) is 5.88. The molecule has 3 rings (SSSR count). The maximum Gasteiger partial charge on any atom is 0.243 e. The van der Waals surface area contributed by atoms with Crippen molar-refractivity contribution in [3.05, 3.63) is 64.1 Å². The summed E-state index contributed by atoms with van der Waals surface area (Å²) < 4.78 is 27.9. The number of sulfonamides is 1. The average Bonchev–Trinajstić information content (AvgIpc) is 2.57. The minimum Gasteiger partial charge on any atom is -0.303 e. The molecule has 0 N–H and O–H groups in total. The van der Waals surface area contributed by atoms with E-state index in [2.05, 4.69) is 4.90 Å². The van der Waals surface area contributed by atoms with Gasteiger partial charge in [0.15, 0.2) is 0 Å². The molecule has 1 fully saturated rings. The predicted octanol–water partition coefficient (Wildman–Crippen LogP) is 3.67. The average molecular weight is 385 g/mol. The summed E-state index contributed by atoms with van der Waals surface area (Å²) in [5, 5.41) is 0.580. The van der Waals surface area contributed by atoms with Crippen molar-refractivity contribution in [2.75, 3.05) is 26.7 Å². The molecule has 0 spiro atoms. The quantitative estimate of drug-likeness (QED) is 0.810. The first kappa shape index (κ1) is 17.7. The normalized spacial score (nSPS) is 20.2. The van der Waals surface area contributed by atoms with Crippen molar-refractivity contribution in [1.29, 1.82) is 0 Å². The van der Waals surface area contributed by atoms with Gasteiger partial charge in [-0.15, -0.1) is 0 Å². The van der Waals surface area contributed by atoms with Gasteiger partial charge in [0.2, 0.25) is 10.0 Å². The van der Waals surface area contributed by atoms with E-state index < -0.39 is 10.0 Å². The number of piperazine rings is 1. The molecule has 4 nitrogen and oxygen atoms in total. The maximum atomic E-state index is 13.1. The zero-order valence-corrected chi connectivity index (χ0v) is 15.5. The van der Waals surface area contributed by atoms with Crippen molar-refractivity contribution in [3.8, 4) is 0 Å². The highest BCUT2D eigenvalue weighted by atomic mass is 35.5.